The highest BCUT2D eigenvalue weighted by atomic mass is 19.4. The maximum atomic E-state index is 12.7. The second kappa shape index (κ2) is 5.52. The van der Waals surface area contributed by atoms with Gasteiger partial charge >= 0.3 is 12.1 Å². The van der Waals surface area contributed by atoms with Crippen LogP contribution in [0.3, 0.4) is 0 Å². The molecule has 3 nitrogen and oxygen atoms in total. The fourth-order valence-electron chi connectivity index (χ4n) is 1.27. The van der Waals surface area contributed by atoms with Gasteiger partial charge in [0.25, 0.3) is 0 Å². The van der Waals surface area contributed by atoms with Crippen LogP contribution in [0.25, 0.3) is 0 Å². The van der Waals surface area contributed by atoms with Gasteiger partial charge in [0, 0.05) is 0 Å². The number of nitrogens with one attached hydrogen (secondary N) is 1. The summed E-state index contributed by atoms with van der Waals surface area (Å²) in [6, 6.07) is -3.01. The van der Waals surface area contributed by atoms with Crippen LogP contribution >= 0.6 is 0 Å². The van der Waals surface area contributed by atoms with Crippen molar-refractivity contribution in [2.24, 2.45) is 11.8 Å². The van der Waals surface area contributed by atoms with Gasteiger partial charge in [-0.3, -0.25) is 10.1 Å². The molecule has 1 unspecified atom stereocenters. The minimum Gasteiger partial charge on any atom is -0.480 e. The van der Waals surface area contributed by atoms with Crippen LogP contribution in [0.4, 0.5) is 13.2 Å². The highest BCUT2D eigenvalue weighted by molar-refractivity contribution is 5.72. The molecule has 0 heterocycles. The number of hydrogen-bond donors (Lipinski definition) is 2. The first kappa shape index (κ1) is 15.2. The smallest absolute Gasteiger partial charge is 0.404 e. The number of carbonyl (C=O) groups is 1. The Bertz CT molecular complexity index is 241. The molecule has 0 aromatic rings. The van der Waals surface area contributed by atoms with E-state index in [1.807, 2.05) is 0 Å². The molecule has 0 aromatic carbocycles. The van der Waals surface area contributed by atoms with Gasteiger partial charge in [0.15, 0.2) is 0 Å². The first-order valence-corrected chi connectivity index (χ1v) is 5.13. The molecule has 0 aliphatic rings. The molecule has 0 amide bonds. The van der Waals surface area contributed by atoms with E-state index in [0.717, 1.165) is 0 Å². The predicted molar refractivity (Wildman–Crippen MR) is 54.1 cm³/mol. The van der Waals surface area contributed by atoms with Crippen LogP contribution in [0.1, 0.15) is 27.7 Å². The van der Waals surface area contributed by atoms with Gasteiger partial charge in [-0.1, -0.05) is 20.8 Å². The van der Waals surface area contributed by atoms with Crippen molar-refractivity contribution in [1.82, 2.24) is 5.32 Å². The van der Waals surface area contributed by atoms with Crippen molar-refractivity contribution >= 4 is 5.97 Å². The van der Waals surface area contributed by atoms with Gasteiger partial charge in [0.05, 0.1) is 0 Å². The molecule has 0 radical (unpaired) electrons. The number of carboxylic acid groups (broad SMARTS) is 1. The quantitative estimate of drug-likeness (QED) is 0.776. The lowest BCUT2D eigenvalue weighted by atomic mass is 9.89. The average molecular weight is 241 g/mol. The molecule has 3 atom stereocenters. The Morgan fingerprint density at radius 3 is 1.88 bits per heavy atom. The second-order valence-electron chi connectivity index (χ2n) is 4.35. The molecule has 0 saturated carbocycles. The maximum Gasteiger partial charge on any atom is 0.404 e. The lowest BCUT2D eigenvalue weighted by molar-refractivity contribution is -0.173. The number of alkyl halides is 3. The molecule has 2 N–H and O–H groups in total. The highest BCUT2D eigenvalue weighted by Gasteiger charge is 2.44. The van der Waals surface area contributed by atoms with Gasteiger partial charge in [-0.25, -0.2) is 0 Å². The number of aliphatic carboxylic acids is 1. The van der Waals surface area contributed by atoms with E-state index < -0.39 is 30.1 Å². The summed E-state index contributed by atoms with van der Waals surface area (Å²) in [6.07, 6.45) is -4.44. The number of rotatable bonds is 5. The summed E-state index contributed by atoms with van der Waals surface area (Å²) in [5.41, 5.74) is 0. The zero-order chi connectivity index (χ0) is 13.1. The Hall–Kier alpha value is -0.780. The van der Waals surface area contributed by atoms with Crippen LogP contribution in [-0.2, 0) is 4.79 Å². The van der Waals surface area contributed by atoms with Crippen LogP contribution in [0.2, 0.25) is 0 Å². The van der Waals surface area contributed by atoms with Crippen molar-refractivity contribution < 1.29 is 23.1 Å². The normalized spacial score (nSPS) is 18.2. The Morgan fingerprint density at radius 2 is 1.62 bits per heavy atom. The van der Waals surface area contributed by atoms with Crippen LogP contribution in [0.5, 0.6) is 0 Å². The highest BCUT2D eigenvalue weighted by Crippen LogP contribution is 2.29. The maximum absolute atomic E-state index is 12.7. The van der Waals surface area contributed by atoms with E-state index in [1.165, 1.54) is 13.8 Å². The van der Waals surface area contributed by atoms with Crippen molar-refractivity contribution in [3.05, 3.63) is 0 Å². The minimum atomic E-state index is -4.44. The van der Waals surface area contributed by atoms with E-state index in [1.54, 1.807) is 13.8 Å². The zero-order valence-corrected chi connectivity index (χ0v) is 9.80. The van der Waals surface area contributed by atoms with Gasteiger partial charge in [-0.2, -0.15) is 13.2 Å². The van der Waals surface area contributed by atoms with E-state index in [0.29, 0.717) is 0 Å². The number of halogens is 3. The molecule has 6 heteroatoms. The summed E-state index contributed by atoms with van der Waals surface area (Å²) in [5.74, 6) is -2.15. The van der Waals surface area contributed by atoms with Gasteiger partial charge < -0.3 is 5.11 Å². The fraction of sp³-hybridized carbons (Fsp3) is 0.900. The van der Waals surface area contributed by atoms with Crippen LogP contribution in [-0.4, -0.2) is 29.3 Å². The largest absolute Gasteiger partial charge is 0.480 e. The summed E-state index contributed by atoms with van der Waals surface area (Å²) in [6.45, 7) is 6.02. The minimum absolute atomic E-state index is 0.180. The van der Waals surface area contributed by atoms with Crippen molar-refractivity contribution in [2.75, 3.05) is 0 Å². The molecule has 0 bridgehead atoms. The third kappa shape index (κ3) is 4.38. The van der Waals surface area contributed by atoms with Gasteiger partial charge in [0.1, 0.15) is 12.1 Å². The third-order valence-electron chi connectivity index (χ3n) is 2.73. The van der Waals surface area contributed by atoms with Crippen molar-refractivity contribution in [2.45, 2.75) is 46.0 Å². The van der Waals surface area contributed by atoms with Crippen molar-refractivity contribution in [3.63, 3.8) is 0 Å². The predicted octanol–water partition coefficient (Wildman–Crippen LogP) is 2.27. The van der Waals surface area contributed by atoms with E-state index in [4.69, 9.17) is 5.11 Å². The number of carboxylic acids is 1. The summed E-state index contributed by atoms with van der Waals surface area (Å²) in [7, 11) is 0. The summed E-state index contributed by atoms with van der Waals surface area (Å²) in [5, 5.41) is 10.7. The summed E-state index contributed by atoms with van der Waals surface area (Å²) >= 11 is 0. The van der Waals surface area contributed by atoms with E-state index in [-0.39, 0.29) is 5.92 Å². The zero-order valence-electron chi connectivity index (χ0n) is 9.80. The average Bonchev–Trinajstić information content (AvgIpc) is 2.10. The summed E-state index contributed by atoms with van der Waals surface area (Å²) in [4.78, 5) is 10.5. The topological polar surface area (TPSA) is 49.3 Å². The lowest BCUT2D eigenvalue weighted by Gasteiger charge is -2.31. The first-order valence-electron chi connectivity index (χ1n) is 5.13. The van der Waals surface area contributed by atoms with Gasteiger partial charge in [0.2, 0.25) is 0 Å². The molecule has 0 aliphatic carbocycles. The number of hydrogen-bond acceptors (Lipinski definition) is 2. The first-order chi connectivity index (χ1) is 7.07. The Morgan fingerprint density at radius 1 is 1.19 bits per heavy atom. The Balaban J connectivity index is 4.77. The third-order valence-corrected chi connectivity index (χ3v) is 2.73. The van der Waals surface area contributed by atoms with Crippen LogP contribution in [0, 0.1) is 11.8 Å². The lowest BCUT2D eigenvalue weighted by Crippen LogP contribution is -2.53. The van der Waals surface area contributed by atoms with Crippen LogP contribution < -0.4 is 5.32 Å². The Kier molecular flexibility index (Phi) is 5.25. The van der Waals surface area contributed by atoms with Gasteiger partial charge in [-0.15, -0.1) is 0 Å². The monoisotopic (exact) mass is 241 g/mol. The van der Waals surface area contributed by atoms with Gasteiger partial charge in [-0.05, 0) is 18.8 Å². The van der Waals surface area contributed by atoms with E-state index in [9.17, 15) is 18.0 Å². The molecule has 0 spiro atoms. The molecule has 16 heavy (non-hydrogen) atoms. The molecule has 0 rings (SSSR count). The SMILES string of the molecule is CC(N[C@@H]([C@@H](C)C(C)C)C(F)(F)F)C(=O)O. The molecule has 96 valence electrons. The molecular formula is C10H18F3NO2. The molecular weight excluding hydrogens is 223 g/mol. The summed E-state index contributed by atoms with van der Waals surface area (Å²) < 4.78 is 38.1. The molecule has 0 fully saturated rings. The Labute approximate surface area is 93.0 Å². The standard InChI is InChI=1S/C10H18F3NO2/c1-5(2)6(3)8(10(11,12)13)14-7(4)9(15)16/h5-8,14H,1-4H3,(H,15,16)/t6-,7?,8-/m0/s1. The molecule has 0 saturated heterocycles. The van der Waals surface area contributed by atoms with Crippen LogP contribution in [0.15, 0.2) is 0 Å². The van der Waals surface area contributed by atoms with E-state index in [2.05, 4.69) is 5.32 Å². The molecule has 0 aromatic heterocycles. The molecule has 0 aliphatic heterocycles. The fourth-order valence-corrected chi connectivity index (χ4v) is 1.27. The van der Waals surface area contributed by atoms with Crippen molar-refractivity contribution in [3.8, 4) is 0 Å². The van der Waals surface area contributed by atoms with Crippen molar-refractivity contribution in [1.29, 1.82) is 0 Å². The van der Waals surface area contributed by atoms with E-state index >= 15 is 0 Å². The second-order valence-corrected chi connectivity index (χ2v) is 4.35.